The van der Waals surface area contributed by atoms with E-state index in [9.17, 15) is 19.8 Å². The maximum absolute atomic E-state index is 11.0. The monoisotopic (exact) mass is 431 g/mol. The molecule has 1 aromatic carbocycles. The minimum Gasteiger partial charge on any atom is -0.508 e. The summed E-state index contributed by atoms with van der Waals surface area (Å²) in [6.07, 6.45) is 0.678. The fourth-order valence-electron chi connectivity index (χ4n) is 3.44. The third-order valence-corrected chi connectivity index (χ3v) is 5.02. The van der Waals surface area contributed by atoms with Crippen molar-refractivity contribution >= 4 is 11.9 Å². The smallest absolute Gasteiger partial charge is 0.335 e. The average molecular weight is 431 g/mol. The number of likely N-dealkylation sites (N-methyl/N-ethyl adjacent to an activating group) is 1. The summed E-state index contributed by atoms with van der Waals surface area (Å²) in [5.41, 5.74) is 0.523. The van der Waals surface area contributed by atoms with Gasteiger partial charge in [0, 0.05) is 12.5 Å². The lowest BCUT2D eigenvalue weighted by Crippen LogP contribution is -2.42. The van der Waals surface area contributed by atoms with E-state index >= 15 is 0 Å². The van der Waals surface area contributed by atoms with Crippen LogP contribution in [-0.4, -0.2) is 91.4 Å². The molecule has 3 atom stereocenters. The van der Waals surface area contributed by atoms with Gasteiger partial charge in [-0.1, -0.05) is 31.4 Å². The largest absolute Gasteiger partial charge is 0.508 e. The molecule has 0 saturated heterocycles. The highest BCUT2D eigenvalue weighted by Gasteiger charge is 2.38. The Labute approximate surface area is 175 Å². The molecule has 1 aliphatic carbocycles. The molecule has 0 heterocycles. The molecule has 30 heavy (non-hydrogen) atoms. The highest BCUT2D eigenvalue weighted by Crippen LogP contribution is 2.40. The van der Waals surface area contributed by atoms with E-state index in [-0.39, 0.29) is 17.1 Å². The Kier molecular flexibility index (Phi) is 11.5. The second-order valence-corrected chi connectivity index (χ2v) is 7.64. The van der Waals surface area contributed by atoms with Gasteiger partial charge in [-0.05, 0) is 44.6 Å². The molecule has 1 aromatic rings. The van der Waals surface area contributed by atoms with Gasteiger partial charge in [-0.2, -0.15) is 0 Å². The van der Waals surface area contributed by atoms with Gasteiger partial charge in [0.05, 0.1) is 5.60 Å². The summed E-state index contributed by atoms with van der Waals surface area (Å²) >= 11 is 0. The molecule has 1 fully saturated rings. The number of aromatic hydroxyl groups is 1. The van der Waals surface area contributed by atoms with Gasteiger partial charge < -0.3 is 41.0 Å². The second-order valence-electron chi connectivity index (χ2n) is 7.64. The van der Waals surface area contributed by atoms with Gasteiger partial charge in [-0.3, -0.25) is 0 Å². The zero-order valence-electron chi connectivity index (χ0n) is 17.2. The normalized spacial score (nSPS) is 18.2. The number of carbonyl (C=O) groups is 2. The molecule has 0 radical (unpaired) electrons. The molecule has 3 unspecified atom stereocenters. The lowest BCUT2D eigenvalue weighted by molar-refractivity contribution is -0.165. The van der Waals surface area contributed by atoms with Gasteiger partial charge in [0.1, 0.15) is 5.75 Å². The Morgan fingerprint density at radius 3 is 1.77 bits per heavy atom. The summed E-state index contributed by atoms with van der Waals surface area (Å²) in [5.74, 6) is -3.14. The van der Waals surface area contributed by atoms with E-state index in [0.29, 0.717) is 0 Å². The molecular weight excluding hydrogens is 398 g/mol. The SMILES string of the molecule is CN(C)CC(c1ccc(O)cc1)C1(O)CCCCC1.O.O=C(O)C(O)C(O)C(=O)O. The number of carboxylic acid groups (broad SMARTS) is 2. The average Bonchev–Trinajstić information content (AvgIpc) is 2.66. The molecule has 10 heteroatoms. The summed E-state index contributed by atoms with van der Waals surface area (Å²) in [5, 5.41) is 53.0. The van der Waals surface area contributed by atoms with E-state index in [1.54, 1.807) is 12.1 Å². The van der Waals surface area contributed by atoms with Crippen molar-refractivity contribution in [2.45, 2.75) is 55.8 Å². The number of rotatable bonds is 7. The number of aliphatic hydroxyl groups excluding tert-OH is 2. The number of aliphatic hydroxyl groups is 3. The third kappa shape index (κ3) is 8.25. The summed E-state index contributed by atoms with van der Waals surface area (Å²) in [4.78, 5) is 21.7. The van der Waals surface area contributed by atoms with E-state index in [1.807, 2.05) is 26.2 Å². The number of phenolic OH excluding ortho intramolecular Hbond substituents is 1. The standard InChI is InChI=1S/C16H25NO2.C4H6O6.H2O/c1-17(2)12-15(13-6-8-14(18)9-7-13)16(19)10-4-3-5-11-16;5-1(3(7)8)2(6)4(9)10;/h6-9,15,18-19H,3-5,10-12H2,1-2H3;1-2,5-6H,(H,7,8)(H,9,10);1H2. The number of carboxylic acids is 2. The lowest BCUT2D eigenvalue weighted by Gasteiger charge is -2.40. The molecule has 0 spiro atoms. The van der Waals surface area contributed by atoms with Crippen LogP contribution in [0.4, 0.5) is 0 Å². The molecule has 0 bridgehead atoms. The predicted octanol–water partition coefficient (Wildman–Crippen LogP) is -0.215. The zero-order valence-corrected chi connectivity index (χ0v) is 17.2. The van der Waals surface area contributed by atoms with Crippen LogP contribution in [0.3, 0.4) is 0 Å². The van der Waals surface area contributed by atoms with Crippen molar-refractivity contribution < 1.29 is 45.7 Å². The minimum absolute atomic E-state index is 0. The maximum atomic E-state index is 11.0. The van der Waals surface area contributed by atoms with Crippen molar-refractivity contribution in [1.29, 1.82) is 0 Å². The number of hydrogen-bond acceptors (Lipinski definition) is 7. The van der Waals surface area contributed by atoms with E-state index in [1.165, 1.54) is 6.42 Å². The highest BCUT2D eigenvalue weighted by atomic mass is 16.4. The molecule has 172 valence electrons. The molecule has 1 saturated carbocycles. The molecule has 0 amide bonds. The molecule has 8 N–H and O–H groups in total. The quantitative estimate of drug-likeness (QED) is 0.339. The Bertz CT molecular complexity index is 639. The number of aliphatic carboxylic acids is 2. The van der Waals surface area contributed by atoms with Crippen LogP contribution in [0.25, 0.3) is 0 Å². The molecule has 0 aromatic heterocycles. The van der Waals surface area contributed by atoms with Crippen LogP contribution >= 0.6 is 0 Å². The number of benzene rings is 1. The van der Waals surface area contributed by atoms with Crippen LogP contribution in [0.15, 0.2) is 24.3 Å². The van der Waals surface area contributed by atoms with Crippen LogP contribution in [0.1, 0.15) is 43.6 Å². The van der Waals surface area contributed by atoms with Crippen molar-refractivity contribution in [3.63, 3.8) is 0 Å². The first-order chi connectivity index (χ1) is 13.5. The topological polar surface area (TPSA) is 190 Å². The third-order valence-electron chi connectivity index (χ3n) is 5.02. The van der Waals surface area contributed by atoms with E-state index < -0.39 is 29.7 Å². The first-order valence-corrected chi connectivity index (χ1v) is 9.45. The highest BCUT2D eigenvalue weighted by molar-refractivity contribution is 5.83. The van der Waals surface area contributed by atoms with Gasteiger partial charge in [0.2, 0.25) is 0 Å². The van der Waals surface area contributed by atoms with Crippen molar-refractivity contribution in [2.24, 2.45) is 0 Å². The first kappa shape index (κ1) is 27.8. The van der Waals surface area contributed by atoms with E-state index in [0.717, 1.165) is 37.8 Å². The molecule has 10 nitrogen and oxygen atoms in total. The second kappa shape index (κ2) is 12.5. The summed E-state index contributed by atoms with van der Waals surface area (Å²) < 4.78 is 0. The Hall–Kier alpha value is -2.24. The van der Waals surface area contributed by atoms with Crippen LogP contribution < -0.4 is 0 Å². The van der Waals surface area contributed by atoms with Gasteiger partial charge in [-0.25, -0.2) is 9.59 Å². The van der Waals surface area contributed by atoms with Gasteiger partial charge in [0.15, 0.2) is 12.2 Å². The Morgan fingerprint density at radius 1 is 0.967 bits per heavy atom. The number of hydrogen-bond donors (Lipinski definition) is 6. The maximum Gasteiger partial charge on any atom is 0.335 e. The number of phenols is 1. The molecule has 2 rings (SSSR count). The summed E-state index contributed by atoms with van der Waals surface area (Å²) in [7, 11) is 4.08. The van der Waals surface area contributed by atoms with Crippen LogP contribution in [0.5, 0.6) is 5.75 Å². The molecule has 0 aliphatic heterocycles. The minimum atomic E-state index is -2.27. The Balaban J connectivity index is 0.000000658. The van der Waals surface area contributed by atoms with E-state index in [2.05, 4.69) is 4.90 Å². The van der Waals surface area contributed by atoms with Crippen molar-refractivity contribution in [2.75, 3.05) is 20.6 Å². The zero-order chi connectivity index (χ0) is 22.2. The van der Waals surface area contributed by atoms with Gasteiger partial charge in [0.25, 0.3) is 0 Å². The Morgan fingerprint density at radius 2 is 1.40 bits per heavy atom. The van der Waals surface area contributed by atoms with Crippen LogP contribution in [-0.2, 0) is 9.59 Å². The molecule has 1 aliphatic rings. The number of nitrogens with zero attached hydrogens (tertiary/aromatic N) is 1. The van der Waals surface area contributed by atoms with Crippen LogP contribution in [0.2, 0.25) is 0 Å². The molecular formula is C20H33NO9. The predicted molar refractivity (Wildman–Crippen MR) is 108 cm³/mol. The van der Waals surface area contributed by atoms with Gasteiger partial charge in [-0.15, -0.1) is 0 Å². The van der Waals surface area contributed by atoms with Crippen molar-refractivity contribution in [3.05, 3.63) is 29.8 Å². The van der Waals surface area contributed by atoms with Crippen LogP contribution in [0, 0.1) is 0 Å². The summed E-state index contributed by atoms with van der Waals surface area (Å²) in [6, 6.07) is 7.31. The lowest BCUT2D eigenvalue weighted by atomic mass is 9.72. The summed E-state index contributed by atoms with van der Waals surface area (Å²) in [6.45, 7) is 0.835. The fraction of sp³-hybridized carbons (Fsp3) is 0.600. The fourth-order valence-corrected chi connectivity index (χ4v) is 3.44. The van der Waals surface area contributed by atoms with Crippen molar-refractivity contribution in [3.8, 4) is 5.75 Å². The first-order valence-electron chi connectivity index (χ1n) is 9.45. The van der Waals surface area contributed by atoms with Crippen molar-refractivity contribution in [1.82, 2.24) is 4.90 Å². The van der Waals surface area contributed by atoms with Gasteiger partial charge >= 0.3 is 11.9 Å². The van der Waals surface area contributed by atoms with E-state index in [4.69, 9.17) is 20.4 Å².